The van der Waals surface area contributed by atoms with E-state index in [1.807, 2.05) is 18.2 Å². The van der Waals surface area contributed by atoms with Crippen LogP contribution in [0.4, 0.5) is 5.69 Å². The Kier molecular flexibility index (Phi) is 1.53. The summed E-state index contributed by atoms with van der Waals surface area (Å²) >= 11 is 0. The highest BCUT2D eigenvalue weighted by Gasteiger charge is 2.11. The maximum Gasteiger partial charge on any atom is 0.293 e. The summed E-state index contributed by atoms with van der Waals surface area (Å²) < 4.78 is 10.4. The minimum Gasteiger partial charge on any atom is -0.451 e. The van der Waals surface area contributed by atoms with Crippen molar-refractivity contribution in [3.8, 4) is 11.7 Å². The number of anilines is 1. The first-order chi connectivity index (χ1) is 7.34. The summed E-state index contributed by atoms with van der Waals surface area (Å²) in [4.78, 5) is 3.90. The van der Waals surface area contributed by atoms with Crippen LogP contribution in [0.2, 0.25) is 0 Å². The number of nitrogen functional groups attached to an aromatic ring is 1. The molecule has 3 rings (SSSR count). The molecule has 0 fully saturated rings. The van der Waals surface area contributed by atoms with Crippen LogP contribution in [0.25, 0.3) is 22.6 Å². The molecule has 5 nitrogen and oxygen atoms in total. The van der Waals surface area contributed by atoms with E-state index in [1.54, 1.807) is 6.07 Å². The molecular formula is C10H7N3O2. The molecule has 0 bridgehead atoms. The van der Waals surface area contributed by atoms with Crippen LogP contribution in [0.1, 0.15) is 0 Å². The van der Waals surface area contributed by atoms with Gasteiger partial charge in [-0.1, -0.05) is 11.2 Å². The Morgan fingerprint density at radius 3 is 2.93 bits per heavy atom. The third-order valence-corrected chi connectivity index (χ3v) is 2.17. The lowest BCUT2D eigenvalue weighted by molar-refractivity contribution is 0.418. The quantitative estimate of drug-likeness (QED) is 0.609. The number of nitrogens with two attached hydrogens (primary N) is 1. The van der Waals surface area contributed by atoms with Gasteiger partial charge in [-0.2, -0.15) is 4.98 Å². The first-order valence-corrected chi connectivity index (χ1v) is 4.39. The third-order valence-electron chi connectivity index (χ3n) is 2.17. The van der Waals surface area contributed by atoms with Crippen molar-refractivity contribution in [2.75, 3.05) is 5.73 Å². The molecule has 0 spiro atoms. The van der Waals surface area contributed by atoms with Crippen LogP contribution in [-0.4, -0.2) is 10.1 Å². The summed E-state index contributed by atoms with van der Waals surface area (Å²) in [6.45, 7) is 0. The van der Waals surface area contributed by atoms with Crippen molar-refractivity contribution < 1.29 is 8.94 Å². The largest absolute Gasteiger partial charge is 0.451 e. The number of benzene rings is 1. The number of nitrogens with zero attached hydrogens (tertiary/aromatic N) is 2. The first kappa shape index (κ1) is 8.05. The molecule has 0 saturated heterocycles. The normalized spacial score (nSPS) is 10.9. The smallest absolute Gasteiger partial charge is 0.293 e. The molecule has 0 aliphatic carbocycles. The average Bonchev–Trinajstić information content (AvgIpc) is 2.86. The van der Waals surface area contributed by atoms with Crippen molar-refractivity contribution in [2.45, 2.75) is 0 Å². The number of furan rings is 1. The van der Waals surface area contributed by atoms with E-state index in [4.69, 9.17) is 14.7 Å². The van der Waals surface area contributed by atoms with Gasteiger partial charge in [0, 0.05) is 11.1 Å². The van der Waals surface area contributed by atoms with Gasteiger partial charge in [0.05, 0.1) is 0 Å². The molecule has 74 valence electrons. The molecule has 0 aliphatic heterocycles. The summed E-state index contributed by atoms with van der Waals surface area (Å²) in [6, 6.07) is 7.28. The lowest BCUT2D eigenvalue weighted by Crippen LogP contribution is -1.82. The summed E-state index contributed by atoms with van der Waals surface area (Å²) in [5.74, 6) is 0.881. The van der Waals surface area contributed by atoms with Crippen molar-refractivity contribution in [2.24, 2.45) is 0 Å². The highest BCUT2D eigenvalue weighted by Crippen LogP contribution is 2.29. The molecule has 2 heterocycles. The zero-order chi connectivity index (χ0) is 10.3. The zero-order valence-electron chi connectivity index (χ0n) is 7.68. The molecule has 0 amide bonds. The average molecular weight is 201 g/mol. The highest BCUT2D eigenvalue weighted by atomic mass is 16.5. The van der Waals surface area contributed by atoms with E-state index in [9.17, 15) is 0 Å². The SMILES string of the molecule is Nc1cccc2oc(-c3ncno3)cc12. The molecule has 0 radical (unpaired) electrons. The van der Waals surface area contributed by atoms with Crippen LogP contribution >= 0.6 is 0 Å². The van der Waals surface area contributed by atoms with Crippen molar-refractivity contribution in [3.63, 3.8) is 0 Å². The second-order valence-corrected chi connectivity index (χ2v) is 3.12. The minimum atomic E-state index is 0.352. The maximum atomic E-state index is 5.80. The van der Waals surface area contributed by atoms with Gasteiger partial charge in [0.2, 0.25) is 0 Å². The fourth-order valence-corrected chi connectivity index (χ4v) is 1.47. The van der Waals surface area contributed by atoms with Crippen molar-refractivity contribution in [1.29, 1.82) is 0 Å². The standard InChI is InChI=1S/C10H7N3O2/c11-7-2-1-3-8-6(7)4-9(14-8)10-12-5-13-15-10/h1-5H,11H2. The van der Waals surface area contributed by atoms with Gasteiger partial charge in [-0.15, -0.1) is 0 Å². The zero-order valence-corrected chi connectivity index (χ0v) is 7.68. The Hall–Kier alpha value is -2.30. The fraction of sp³-hybridized carbons (Fsp3) is 0. The van der Waals surface area contributed by atoms with E-state index in [1.165, 1.54) is 6.33 Å². The topological polar surface area (TPSA) is 78.1 Å². The molecule has 15 heavy (non-hydrogen) atoms. The Morgan fingerprint density at radius 1 is 1.27 bits per heavy atom. The molecule has 2 N–H and O–H groups in total. The third kappa shape index (κ3) is 1.17. The molecule has 5 heteroatoms. The van der Waals surface area contributed by atoms with E-state index < -0.39 is 0 Å². The van der Waals surface area contributed by atoms with E-state index >= 15 is 0 Å². The van der Waals surface area contributed by atoms with E-state index in [-0.39, 0.29) is 0 Å². The monoisotopic (exact) mass is 201 g/mol. The molecule has 1 aromatic carbocycles. The first-order valence-electron chi connectivity index (χ1n) is 4.39. The molecule has 3 aromatic rings. The van der Waals surface area contributed by atoms with Crippen molar-refractivity contribution >= 4 is 16.7 Å². The van der Waals surface area contributed by atoms with Gasteiger partial charge in [-0.25, -0.2) is 0 Å². The Bertz CT molecular complexity index is 598. The Labute approximate surface area is 84.5 Å². The van der Waals surface area contributed by atoms with Gasteiger partial charge in [-0.05, 0) is 18.2 Å². The van der Waals surface area contributed by atoms with Crippen LogP contribution in [0.15, 0.2) is 39.5 Å². The van der Waals surface area contributed by atoms with Gasteiger partial charge in [-0.3, -0.25) is 0 Å². The van der Waals surface area contributed by atoms with Crippen molar-refractivity contribution in [1.82, 2.24) is 10.1 Å². The lowest BCUT2D eigenvalue weighted by atomic mass is 10.2. The van der Waals surface area contributed by atoms with Gasteiger partial charge in [0.15, 0.2) is 12.1 Å². The van der Waals surface area contributed by atoms with Crippen LogP contribution in [-0.2, 0) is 0 Å². The Morgan fingerprint density at radius 2 is 2.20 bits per heavy atom. The molecule has 0 aliphatic rings. The number of hydrogen-bond donors (Lipinski definition) is 1. The molecule has 0 atom stereocenters. The van der Waals surface area contributed by atoms with Crippen LogP contribution in [0.3, 0.4) is 0 Å². The fourth-order valence-electron chi connectivity index (χ4n) is 1.47. The van der Waals surface area contributed by atoms with Crippen LogP contribution < -0.4 is 5.73 Å². The van der Waals surface area contributed by atoms with Gasteiger partial charge in [0.25, 0.3) is 5.89 Å². The van der Waals surface area contributed by atoms with Crippen molar-refractivity contribution in [3.05, 3.63) is 30.6 Å². The predicted molar refractivity (Wildman–Crippen MR) is 53.9 cm³/mol. The lowest BCUT2D eigenvalue weighted by Gasteiger charge is -1.90. The van der Waals surface area contributed by atoms with Gasteiger partial charge in [0.1, 0.15) is 5.58 Å². The molecule has 2 aromatic heterocycles. The summed E-state index contributed by atoms with van der Waals surface area (Å²) in [5, 5.41) is 4.37. The minimum absolute atomic E-state index is 0.352. The van der Waals surface area contributed by atoms with Gasteiger partial charge >= 0.3 is 0 Å². The number of aromatic nitrogens is 2. The second kappa shape index (κ2) is 2.84. The van der Waals surface area contributed by atoms with E-state index in [2.05, 4.69) is 10.1 Å². The molecule has 0 saturated carbocycles. The predicted octanol–water partition coefficient (Wildman–Crippen LogP) is 2.06. The maximum absolute atomic E-state index is 5.80. The van der Waals surface area contributed by atoms with E-state index in [0.717, 1.165) is 5.39 Å². The number of rotatable bonds is 1. The molecular weight excluding hydrogens is 194 g/mol. The summed E-state index contributed by atoms with van der Waals surface area (Å²) in [7, 11) is 0. The summed E-state index contributed by atoms with van der Waals surface area (Å²) in [5.41, 5.74) is 7.18. The number of hydrogen-bond acceptors (Lipinski definition) is 5. The van der Waals surface area contributed by atoms with Crippen LogP contribution in [0, 0.1) is 0 Å². The Balaban J connectivity index is 2.27. The second-order valence-electron chi connectivity index (χ2n) is 3.12. The van der Waals surface area contributed by atoms with Crippen LogP contribution in [0.5, 0.6) is 0 Å². The highest BCUT2D eigenvalue weighted by molar-refractivity contribution is 5.91. The number of fused-ring (bicyclic) bond motifs is 1. The molecule has 0 unspecified atom stereocenters. The van der Waals surface area contributed by atoms with E-state index in [0.29, 0.717) is 22.9 Å². The van der Waals surface area contributed by atoms with Gasteiger partial charge < -0.3 is 14.7 Å². The summed E-state index contributed by atoms with van der Waals surface area (Å²) in [6.07, 6.45) is 1.33.